The number of rotatable bonds is 5. The number of aromatic nitrogens is 2. The summed E-state index contributed by atoms with van der Waals surface area (Å²) in [6, 6.07) is 1.80. The van der Waals surface area contributed by atoms with Crippen molar-refractivity contribution in [2.75, 3.05) is 13.1 Å². The van der Waals surface area contributed by atoms with Crippen LogP contribution in [0, 0.1) is 11.3 Å². The molecule has 1 atom stereocenters. The molecule has 1 aromatic rings. The van der Waals surface area contributed by atoms with Gasteiger partial charge in [0.05, 0.1) is 5.41 Å². The molecule has 6 nitrogen and oxygen atoms in total. The van der Waals surface area contributed by atoms with E-state index in [1.54, 1.807) is 28.0 Å². The lowest BCUT2D eigenvalue weighted by molar-refractivity contribution is -0.141. The van der Waals surface area contributed by atoms with Crippen molar-refractivity contribution >= 4 is 11.8 Å². The van der Waals surface area contributed by atoms with Crippen LogP contribution in [0.3, 0.4) is 0 Å². The predicted octanol–water partition coefficient (Wildman–Crippen LogP) is 0.777. The van der Waals surface area contributed by atoms with Crippen molar-refractivity contribution < 1.29 is 9.59 Å². The van der Waals surface area contributed by atoms with Gasteiger partial charge in [0.1, 0.15) is 6.54 Å². The van der Waals surface area contributed by atoms with E-state index in [9.17, 15) is 9.59 Å². The highest BCUT2D eigenvalue weighted by Crippen LogP contribution is 2.44. The first-order valence-electron chi connectivity index (χ1n) is 7.64. The molecule has 6 heteroatoms. The molecule has 0 spiro atoms. The molecule has 0 aromatic carbocycles. The average molecular weight is 290 g/mol. The molecule has 1 aromatic heterocycles. The van der Waals surface area contributed by atoms with Gasteiger partial charge in [0.15, 0.2) is 0 Å². The van der Waals surface area contributed by atoms with E-state index in [4.69, 9.17) is 5.73 Å². The van der Waals surface area contributed by atoms with Gasteiger partial charge in [-0.2, -0.15) is 5.10 Å². The number of primary amides is 1. The van der Waals surface area contributed by atoms with Gasteiger partial charge in [0, 0.05) is 25.5 Å². The number of carbonyl (C=O) groups is 2. The Hall–Kier alpha value is -1.85. The van der Waals surface area contributed by atoms with Crippen LogP contribution in [0.25, 0.3) is 0 Å². The molecular weight excluding hydrogens is 268 g/mol. The fraction of sp³-hybridized carbons (Fsp3) is 0.667. The van der Waals surface area contributed by atoms with Crippen LogP contribution in [0.1, 0.15) is 32.1 Å². The highest BCUT2D eigenvalue weighted by Gasteiger charge is 2.45. The van der Waals surface area contributed by atoms with Crippen molar-refractivity contribution in [2.24, 2.45) is 17.1 Å². The first-order chi connectivity index (χ1) is 10.1. The Morgan fingerprint density at radius 3 is 2.81 bits per heavy atom. The maximum atomic E-state index is 12.4. The van der Waals surface area contributed by atoms with Crippen molar-refractivity contribution in [1.29, 1.82) is 0 Å². The normalized spacial score (nSPS) is 25.8. The summed E-state index contributed by atoms with van der Waals surface area (Å²) < 4.78 is 1.61. The van der Waals surface area contributed by atoms with Crippen LogP contribution in [0.15, 0.2) is 18.5 Å². The summed E-state index contributed by atoms with van der Waals surface area (Å²) in [7, 11) is 0. The number of carbonyl (C=O) groups excluding carboxylic acids is 2. The van der Waals surface area contributed by atoms with Crippen LogP contribution in [-0.2, 0) is 16.1 Å². The largest absolute Gasteiger partial charge is 0.369 e. The van der Waals surface area contributed by atoms with Gasteiger partial charge in [-0.15, -0.1) is 0 Å². The van der Waals surface area contributed by atoms with E-state index in [2.05, 4.69) is 5.10 Å². The Morgan fingerprint density at radius 1 is 1.38 bits per heavy atom. The Kier molecular flexibility index (Phi) is 3.69. The van der Waals surface area contributed by atoms with Crippen molar-refractivity contribution in [1.82, 2.24) is 14.7 Å². The van der Waals surface area contributed by atoms with Crippen LogP contribution >= 0.6 is 0 Å². The topological polar surface area (TPSA) is 81.2 Å². The first kappa shape index (κ1) is 14.1. The molecule has 2 N–H and O–H groups in total. The lowest BCUT2D eigenvalue weighted by atomic mass is 9.75. The van der Waals surface area contributed by atoms with Crippen LogP contribution in [-0.4, -0.2) is 39.6 Å². The zero-order valence-corrected chi connectivity index (χ0v) is 12.2. The van der Waals surface area contributed by atoms with Crippen molar-refractivity contribution in [3.05, 3.63) is 18.5 Å². The number of nitrogens with two attached hydrogens (primary N) is 1. The fourth-order valence-corrected chi connectivity index (χ4v) is 3.32. The summed E-state index contributed by atoms with van der Waals surface area (Å²) in [5.74, 6) is 0.393. The van der Waals surface area contributed by atoms with Crippen LogP contribution in [0.5, 0.6) is 0 Å². The van der Waals surface area contributed by atoms with Gasteiger partial charge in [0.25, 0.3) is 0 Å². The summed E-state index contributed by atoms with van der Waals surface area (Å²) in [4.78, 5) is 26.2. The quantitative estimate of drug-likeness (QED) is 0.870. The molecule has 2 heterocycles. The van der Waals surface area contributed by atoms with Gasteiger partial charge in [-0.3, -0.25) is 14.3 Å². The van der Waals surface area contributed by atoms with Gasteiger partial charge in [0.2, 0.25) is 11.8 Å². The molecule has 21 heavy (non-hydrogen) atoms. The number of hydrogen-bond acceptors (Lipinski definition) is 3. The van der Waals surface area contributed by atoms with Gasteiger partial charge < -0.3 is 10.6 Å². The van der Waals surface area contributed by atoms with Crippen LogP contribution < -0.4 is 5.73 Å². The summed E-state index contributed by atoms with van der Waals surface area (Å²) in [5, 5.41) is 4.06. The summed E-state index contributed by atoms with van der Waals surface area (Å²) >= 11 is 0. The third kappa shape index (κ3) is 3.09. The van der Waals surface area contributed by atoms with E-state index in [-0.39, 0.29) is 18.4 Å². The standard InChI is InChI=1S/C15H22N4O2/c16-14(21)15(9-12-3-4-12)5-1-7-18(11-15)13(20)10-19-8-2-6-17-19/h2,6,8,12H,1,3-5,7,9-11H2,(H2,16,21). The van der Waals surface area contributed by atoms with Crippen molar-refractivity contribution in [3.63, 3.8) is 0 Å². The van der Waals surface area contributed by atoms with Gasteiger partial charge in [-0.05, 0) is 31.2 Å². The second-order valence-electron chi connectivity index (χ2n) is 6.41. The molecule has 2 amide bonds. The minimum Gasteiger partial charge on any atom is -0.369 e. The molecule has 2 fully saturated rings. The van der Waals surface area contributed by atoms with Crippen molar-refractivity contribution in [2.45, 2.75) is 38.6 Å². The summed E-state index contributed by atoms with van der Waals surface area (Å²) in [5.41, 5.74) is 5.17. The molecule has 3 rings (SSSR count). The SMILES string of the molecule is NC(=O)C1(CC2CC2)CCCN(C(=O)Cn2cccn2)C1. The maximum Gasteiger partial charge on any atom is 0.244 e. The number of piperidine rings is 1. The molecule has 1 aliphatic heterocycles. The molecule has 114 valence electrons. The van der Waals surface area contributed by atoms with E-state index in [0.717, 1.165) is 19.3 Å². The monoisotopic (exact) mass is 290 g/mol. The molecule has 0 radical (unpaired) electrons. The van der Waals surface area contributed by atoms with E-state index in [1.165, 1.54) is 12.8 Å². The molecule has 1 saturated heterocycles. The van der Waals surface area contributed by atoms with Gasteiger partial charge >= 0.3 is 0 Å². The number of likely N-dealkylation sites (tertiary alicyclic amines) is 1. The zero-order chi connectivity index (χ0) is 14.9. The van der Waals surface area contributed by atoms with Gasteiger partial charge in [-0.1, -0.05) is 12.8 Å². The second-order valence-corrected chi connectivity index (χ2v) is 6.41. The Morgan fingerprint density at radius 2 is 2.19 bits per heavy atom. The van der Waals surface area contributed by atoms with E-state index < -0.39 is 5.41 Å². The molecule has 1 saturated carbocycles. The van der Waals surface area contributed by atoms with Crippen molar-refractivity contribution in [3.8, 4) is 0 Å². The lowest BCUT2D eigenvalue weighted by Gasteiger charge is -2.41. The highest BCUT2D eigenvalue weighted by molar-refractivity contribution is 5.83. The number of nitrogens with zero attached hydrogens (tertiary/aromatic N) is 3. The number of hydrogen-bond donors (Lipinski definition) is 1. The van der Waals surface area contributed by atoms with Gasteiger partial charge in [-0.25, -0.2) is 0 Å². The molecule has 0 bridgehead atoms. The number of amides is 2. The lowest BCUT2D eigenvalue weighted by Crippen LogP contribution is -2.53. The molecule has 2 aliphatic rings. The second kappa shape index (κ2) is 5.50. The van der Waals surface area contributed by atoms with E-state index in [0.29, 0.717) is 19.0 Å². The third-order valence-corrected chi connectivity index (χ3v) is 4.69. The summed E-state index contributed by atoms with van der Waals surface area (Å²) in [6.07, 6.45) is 8.31. The third-order valence-electron chi connectivity index (χ3n) is 4.69. The summed E-state index contributed by atoms with van der Waals surface area (Å²) in [6.45, 7) is 1.41. The Balaban J connectivity index is 1.68. The van der Waals surface area contributed by atoms with Crippen LogP contribution in [0.2, 0.25) is 0 Å². The zero-order valence-electron chi connectivity index (χ0n) is 12.2. The first-order valence-corrected chi connectivity index (χ1v) is 7.64. The van der Waals surface area contributed by atoms with E-state index in [1.807, 2.05) is 0 Å². The molecule has 1 unspecified atom stereocenters. The average Bonchev–Trinajstić information content (AvgIpc) is 3.12. The molecular formula is C15H22N4O2. The molecule has 1 aliphatic carbocycles. The predicted molar refractivity (Wildman–Crippen MR) is 77.0 cm³/mol. The van der Waals surface area contributed by atoms with E-state index >= 15 is 0 Å². The fourth-order valence-electron chi connectivity index (χ4n) is 3.32. The highest BCUT2D eigenvalue weighted by atomic mass is 16.2. The van der Waals surface area contributed by atoms with Crippen LogP contribution in [0.4, 0.5) is 0 Å². The Bertz CT molecular complexity index is 524. The smallest absolute Gasteiger partial charge is 0.244 e. The Labute approximate surface area is 124 Å². The minimum absolute atomic E-state index is 0.0137. The maximum absolute atomic E-state index is 12.4. The minimum atomic E-state index is -0.515.